The van der Waals surface area contributed by atoms with Crippen LogP contribution in [0.5, 0.6) is 5.75 Å². The molecule has 1 heterocycles. The van der Waals surface area contributed by atoms with Gasteiger partial charge in [0.2, 0.25) is 0 Å². The van der Waals surface area contributed by atoms with Crippen molar-refractivity contribution >= 4 is 5.69 Å². The Kier molecular flexibility index (Phi) is 3.78. The average Bonchev–Trinajstić information content (AvgIpc) is 2.38. The van der Waals surface area contributed by atoms with Gasteiger partial charge >= 0.3 is 0 Å². The summed E-state index contributed by atoms with van der Waals surface area (Å²) in [7, 11) is 0. The van der Waals surface area contributed by atoms with Gasteiger partial charge in [0.1, 0.15) is 5.69 Å². The van der Waals surface area contributed by atoms with Gasteiger partial charge in [-0.25, -0.2) is 0 Å². The van der Waals surface area contributed by atoms with Gasteiger partial charge in [-0.3, -0.25) is 9.59 Å². The molecule has 0 aromatic heterocycles. The van der Waals surface area contributed by atoms with E-state index in [0.717, 1.165) is 39.0 Å². The Morgan fingerprint density at radius 1 is 1.24 bits per heavy atom. The van der Waals surface area contributed by atoms with Crippen molar-refractivity contribution in [3.63, 3.8) is 0 Å². The molecule has 94 valence electrons. The fraction of sp³-hybridized carbons (Fsp3) is 0.667. The van der Waals surface area contributed by atoms with Crippen LogP contribution in [0, 0.1) is 0 Å². The first-order chi connectivity index (χ1) is 8.25. The summed E-state index contributed by atoms with van der Waals surface area (Å²) in [6.07, 6.45) is 1.91. The van der Waals surface area contributed by atoms with Crippen LogP contribution >= 0.6 is 0 Å². The highest BCUT2D eigenvalue weighted by Crippen LogP contribution is 2.22. The molecule has 1 N–H and O–H groups in total. The van der Waals surface area contributed by atoms with E-state index in [2.05, 4.69) is 12.2 Å². The number of nitrogens with one attached hydrogen (secondary N) is 1. The highest BCUT2D eigenvalue weighted by Gasteiger charge is 2.28. The van der Waals surface area contributed by atoms with E-state index >= 15 is 0 Å². The first kappa shape index (κ1) is 12.1. The van der Waals surface area contributed by atoms with Crippen LogP contribution in [0.2, 0.25) is 0 Å². The summed E-state index contributed by atoms with van der Waals surface area (Å²) in [4.78, 5) is 24.9. The molecule has 2 rings (SSSR count). The number of unbranched alkanes of at least 4 members (excludes halogenated alkanes) is 1. The zero-order valence-corrected chi connectivity index (χ0v) is 10.1. The molecule has 0 saturated carbocycles. The highest BCUT2D eigenvalue weighted by molar-refractivity contribution is 5.64. The fourth-order valence-electron chi connectivity index (χ4n) is 1.99. The van der Waals surface area contributed by atoms with E-state index in [1.165, 1.54) is 0 Å². The largest absolute Gasteiger partial charge is 0.487 e. The van der Waals surface area contributed by atoms with E-state index in [9.17, 15) is 9.59 Å². The van der Waals surface area contributed by atoms with E-state index in [1.807, 2.05) is 4.90 Å². The Balaban J connectivity index is 2.08. The van der Waals surface area contributed by atoms with Gasteiger partial charge in [-0.15, -0.1) is 0 Å². The minimum absolute atomic E-state index is 0.283. The molecule has 17 heavy (non-hydrogen) atoms. The molecule has 1 aromatic rings. The second-order valence-corrected chi connectivity index (χ2v) is 4.28. The molecule has 0 amide bonds. The Morgan fingerprint density at radius 2 is 1.94 bits per heavy atom. The molecule has 1 aliphatic rings. The second kappa shape index (κ2) is 5.31. The van der Waals surface area contributed by atoms with E-state index in [-0.39, 0.29) is 5.75 Å². The summed E-state index contributed by atoms with van der Waals surface area (Å²) in [6, 6.07) is 0. The van der Waals surface area contributed by atoms with Gasteiger partial charge in [-0.05, 0) is 6.42 Å². The Morgan fingerprint density at radius 3 is 2.59 bits per heavy atom. The molecule has 1 fully saturated rings. The van der Waals surface area contributed by atoms with E-state index in [1.54, 1.807) is 0 Å². The van der Waals surface area contributed by atoms with Crippen LogP contribution in [0.1, 0.15) is 19.8 Å². The third kappa shape index (κ3) is 2.34. The molecular formula is C12H18N2O3. The van der Waals surface area contributed by atoms with Gasteiger partial charge in [0.05, 0.1) is 6.61 Å². The van der Waals surface area contributed by atoms with Gasteiger partial charge < -0.3 is 15.0 Å². The molecular weight excluding hydrogens is 220 g/mol. The molecule has 1 aliphatic heterocycles. The lowest BCUT2D eigenvalue weighted by Gasteiger charge is -2.30. The summed E-state index contributed by atoms with van der Waals surface area (Å²) in [5.74, 6) is 0.283. The Bertz CT molecular complexity index is 443. The molecule has 0 unspecified atom stereocenters. The third-order valence-corrected chi connectivity index (χ3v) is 3.02. The number of piperazine rings is 1. The van der Waals surface area contributed by atoms with Gasteiger partial charge in [0, 0.05) is 26.2 Å². The van der Waals surface area contributed by atoms with Crippen LogP contribution in [-0.2, 0) is 0 Å². The summed E-state index contributed by atoms with van der Waals surface area (Å²) < 4.78 is 5.41. The van der Waals surface area contributed by atoms with Crippen molar-refractivity contribution in [2.24, 2.45) is 0 Å². The van der Waals surface area contributed by atoms with Gasteiger partial charge in [0.25, 0.3) is 10.9 Å². The quantitative estimate of drug-likeness (QED) is 0.572. The molecule has 0 atom stereocenters. The average molecular weight is 238 g/mol. The molecule has 0 spiro atoms. The van der Waals surface area contributed by atoms with Crippen LogP contribution in [0.4, 0.5) is 5.69 Å². The molecule has 5 heteroatoms. The zero-order chi connectivity index (χ0) is 12.3. The fourth-order valence-corrected chi connectivity index (χ4v) is 1.99. The minimum atomic E-state index is -0.463. The summed E-state index contributed by atoms with van der Waals surface area (Å²) in [5.41, 5.74) is -0.361. The van der Waals surface area contributed by atoms with Crippen LogP contribution in [0.3, 0.4) is 0 Å². The molecule has 1 aromatic carbocycles. The second-order valence-electron chi connectivity index (χ2n) is 4.28. The number of nitrogens with zero attached hydrogens (tertiary/aromatic N) is 1. The predicted octanol–water partition coefficient (Wildman–Crippen LogP) is -0.129. The van der Waals surface area contributed by atoms with Gasteiger partial charge in [0.15, 0.2) is 5.75 Å². The van der Waals surface area contributed by atoms with Crippen molar-refractivity contribution in [3.8, 4) is 5.75 Å². The summed E-state index contributed by atoms with van der Waals surface area (Å²) in [6.45, 7) is 5.77. The van der Waals surface area contributed by atoms with Crippen molar-refractivity contribution in [1.82, 2.24) is 5.32 Å². The number of rotatable bonds is 5. The maximum absolute atomic E-state index is 11.6. The van der Waals surface area contributed by atoms with Crippen molar-refractivity contribution in [1.29, 1.82) is 0 Å². The van der Waals surface area contributed by atoms with Crippen molar-refractivity contribution < 1.29 is 4.74 Å². The number of hydrogen-bond acceptors (Lipinski definition) is 5. The van der Waals surface area contributed by atoms with Crippen molar-refractivity contribution in [3.05, 3.63) is 20.4 Å². The SMILES string of the molecule is CCCCOc1c(N2CCNCC2)c(=O)c1=O. The van der Waals surface area contributed by atoms with Crippen LogP contribution in [-0.4, -0.2) is 32.8 Å². The van der Waals surface area contributed by atoms with Crippen LogP contribution in [0.25, 0.3) is 0 Å². The lowest BCUT2D eigenvalue weighted by molar-refractivity contribution is 0.303. The minimum Gasteiger partial charge on any atom is -0.487 e. The number of ether oxygens (including phenoxy) is 1. The molecule has 0 aliphatic carbocycles. The van der Waals surface area contributed by atoms with Crippen molar-refractivity contribution in [2.45, 2.75) is 19.8 Å². The first-order valence-corrected chi connectivity index (χ1v) is 6.17. The highest BCUT2D eigenvalue weighted by atomic mass is 16.5. The predicted molar refractivity (Wildman–Crippen MR) is 66.8 cm³/mol. The topological polar surface area (TPSA) is 58.6 Å². The summed E-state index contributed by atoms with van der Waals surface area (Å²) in [5, 5.41) is 3.21. The smallest absolute Gasteiger partial charge is 0.272 e. The summed E-state index contributed by atoms with van der Waals surface area (Å²) >= 11 is 0. The number of anilines is 1. The zero-order valence-electron chi connectivity index (χ0n) is 10.1. The van der Waals surface area contributed by atoms with E-state index in [4.69, 9.17) is 4.74 Å². The Labute approximate surface area is 100 Å². The lowest BCUT2D eigenvalue weighted by atomic mass is 10.1. The Hall–Kier alpha value is -1.36. The van der Waals surface area contributed by atoms with Gasteiger partial charge in [-0.1, -0.05) is 13.3 Å². The normalized spacial score (nSPS) is 16.4. The maximum atomic E-state index is 11.6. The van der Waals surface area contributed by atoms with E-state index in [0.29, 0.717) is 12.3 Å². The molecule has 0 radical (unpaired) electrons. The maximum Gasteiger partial charge on any atom is 0.272 e. The lowest BCUT2D eigenvalue weighted by Crippen LogP contribution is -2.49. The standard InChI is InChI=1S/C12H18N2O3/c1-2-3-8-17-12-9(10(15)11(12)16)14-6-4-13-5-7-14/h13H,2-8H2,1H3. The first-order valence-electron chi connectivity index (χ1n) is 6.17. The molecule has 0 bridgehead atoms. The molecule has 1 saturated heterocycles. The molecule has 5 nitrogen and oxygen atoms in total. The van der Waals surface area contributed by atoms with Crippen LogP contribution in [0.15, 0.2) is 9.59 Å². The third-order valence-electron chi connectivity index (χ3n) is 3.02. The van der Waals surface area contributed by atoms with Crippen molar-refractivity contribution in [2.75, 3.05) is 37.7 Å². The van der Waals surface area contributed by atoms with E-state index < -0.39 is 10.9 Å². The number of hydrogen-bond donors (Lipinski definition) is 1. The monoisotopic (exact) mass is 238 g/mol. The van der Waals surface area contributed by atoms with Crippen LogP contribution < -0.4 is 25.8 Å². The van der Waals surface area contributed by atoms with Gasteiger partial charge in [-0.2, -0.15) is 0 Å².